The van der Waals surface area contributed by atoms with Gasteiger partial charge in [0, 0.05) is 11.7 Å². The Morgan fingerprint density at radius 3 is 2.32 bits per heavy atom. The summed E-state index contributed by atoms with van der Waals surface area (Å²) in [7, 11) is 0. The first-order valence-electron chi connectivity index (χ1n) is 6.29. The molecule has 0 atom stereocenters. The summed E-state index contributed by atoms with van der Waals surface area (Å²) in [6.45, 7) is 4.05. The first kappa shape index (κ1) is 13.1. The van der Waals surface area contributed by atoms with E-state index in [0.29, 0.717) is 11.3 Å². The van der Waals surface area contributed by atoms with Crippen LogP contribution in [0, 0.1) is 0 Å². The summed E-state index contributed by atoms with van der Waals surface area (Å²) in [6.07, 6.45) is 0. The van der Waals surface area contributed by atoms with Gasteiger partial charge in [0.2, 0.25) is 0 Å². The third-order valence-corrected chi connectivity index (χ3v) is 2.54. The number of hydrogen-bond donors (Lipinski definition) is 1. The van der Waals surface area contributed by atoms with Gasteiger partial charge in [-0.15, -0.1) is 0 Å². The van der Waals surface area contributed by atoms with Crippen LogP contribution in [-0.2, 0) is 0 Å². The van der Waals surface area contributed by atoms with Crippen molar-refractivity contribution in [3.05, 3.63) is 60.2 Å². The molecule has 2 aromatic carbocycles. The molecule has 0 heterocycles. The monoisotopic (exact) mass is 255 g/mol. The first-order valence-corrected chi connectivity index (χ1v) is 6.29. The molecule has 2 aromatic rings. The molecule has 0 unspecified atom stereocenters. The molecule has 0 saturated carbocycles. The van der Waals surface area contributed by atoms with Gasteiger partial charge in [0.05, 0.1) is 5.56 Å². The third kappa shape index (κ3) is 3.58. The van der Waals surface area contributed by atoms with E-state index in [1.807, 2.05) is 50.2 Å². The number of ether oxygens (including phenoxy) is 1. The molecule has 0 aliphatic heterocycles. The van der Waals surface area contributed by atoms with E-state index in [0.717, 1.165) is 5.69 Å². The van der Waals surface area contributed by atoms with Crippen molar-refractivity contribution in [1.29, 1.82) is 0 Å². The molecule has 19 heavy (non-hydrogen) atoms. The fraction of sp³-hybridized carbons (Fsp3) is 0.188. The van der Waals surface area contributed by atoms with E-state index < -0.39 is 0 Å². The fourth-order valence-corrected chi connectivity index (χ4v) is 1.75. The predicted molar refractivity (Wildman–Crippen MR) is 76.6 cm³/mol. The molecule has 0 radical (unpaired) electrons. The average molecular weight is 255 g/mol. The van der Waals surface area contributed by atoms with Crippen LogP contribution in [0.5, 0.6) is 5.75 Å². The number of carbonyl (C=O) groups excluding carboxylic acids is 1. The molecular weight excluding hydrogens is 238 g/mol. The second-order valence-electron chi connectivity index (χ2n) is 4.55. The largest absolute Gasteiger partial charge is 0.423 e. The topological polar surface area (TPSA) is 38.3 Å². The number of hydrogen-bond acceptors (Lipinski definition) is 3. The van der Waals surface area contributed by atoms with E-state index >= 15 is 0 Å². The van der Waals surface area contributed by atoms with Crippen molar-refractivity contribution in [2.45, 2.75) is 19.9 Å². The number of nitrogens with one attached hydrogen (secondary N) is 1. The molecule has 0 saturated heterocycles. The minimum atomic E-state index is -0.352. The van der Waals surface area contributed by atoms with Crippen LogP contribution in [-0.4, -0.2) is 12.0 Å². The average Bonchev–Trinajstić information content (AvgIpc) is 2.39. The van der Waals surface area contributed by atoms with E-state index in [4.69, 9.17) is 4.74 Å². The van der Waals surface area contributed by atoms with E-state index in [1.54, 1.807) is 18.2 Å². The van der Waals surface area contributed by atoms with Crippen molar-refractivity contribution in [2.24, 2.45) is 0 Å². The summed E-state index contributed by atoms with van der Waals surface area (Å²) < 4.78 is 5.34. The van der Waals surface area contributed by atoms with Crippen molar-refractivity contribution < 1.29 is 9.53 Å². The third-order valence-electron chi connectivity index (χ3n) is 2.54. The summed E-state index contributed by atoms with van der Waals surface area (Å²) in [5, 5.41) is 3.24. The van der Waals surface area contributed by atoms with Crippen molar-refractivity contribution in [3.8, 4) is 5.75 Å². The normalized spacial score (nSPS) is 10.3. The highest BCUT2D eigenvalue weighted by Gasteiger charge is 2.13. The Bertz CT molecular complexity index is 550. The SMILES string of the molecule is CC(C)Nc1ccccc1C(=O)Oc1ccccc1. The lowest BCUT2D eigenvalue weighted by Gasteiger charge is -2.13. The lowest BCUT2D eigenvalue weighted by Crippen LogP contribution is -2.16. The van der Waals surface area contributed by atoms with Crippen LogP contribution < -0.4 is 10.1 Å². The number of anilines is 1. The molecule has 3 nitrogen and oxygen atoms in total. The van der Waals surface area contributed by atoms with Gasteiger partial charge in [0.1, 0.15) is 5.75 Å². The summed E-state index contributed by atoms with van der Waals surface area (Å²) in [6, 6.07) is 16.7. The van der Waals surface area contributed by atoms with Gasteiger partial charge in [-0.05, 0) is 38.1 Å². The summed E-state index contributed by atoms with van der Waals surface area (Å²) in [5.74, 6) is 0.196. The summed E-state index contributed by atoms with van der Waals surface area (Å²) >= 11 is 0. The van der Waals surface area contributed by atoms with Crippen LogP contribution in [0.1, 0.15) is 24.2 Å². The molecule has 2 rings (SSSR count). The molecule has 0 aromatic heterocycles. The van der Waals surface area contributed by atoms with Gasteiger partial charge >= 0.3 is 5.97 Å². The van der Waals surface area contributed by atoms with Crippen molar-refractivity contribution in [2.75, 3.05) is 5.32 Å². The molecule has 0 aliphatic carbocycles. The van der Waals surface area contributed by atoms with Crippen LogP contribution >= 0.6 is 0 Å². The Labute approximate surface area is 113 Å². The fourth-order valence-electron chi connectivity index (χ4n) is 1.75. The Morgan fingerprint density at radius 2 is 1.63 bits per heavy atom. The molecule has 0 aliphatic rings. The van der Waals surface area contributed by atoms with Crippen LogP contribution in [0.15, 0.2) is 54.6 Å². The van der Waals surface area contributed by atoms with Gasteiger partial charge in [-0.3, -0.25) is 0 Å². The van der Waals surface area contributed by atoms with Gasteiger partial charge in [-0.1, -0.05) is 30.3 Å². The van der Waals surface area contributed by atoms with Crippen molar-refractivity contribution in [1.82, 2.24) is 0 Å². The number of carbonyl (C=O) groups is 1. The standard InChI is InChI=1S/C16H17NO2/c1-12(2)17-15-11-7-6-10-14(15)16(18)19-13-8-4-3-5-9-13/h3-12,17H,1-2H3. The number of rotatable bonds is 4. The highest BCUT2D eigenvalue weighted by Crippen LogP contribution is 2.19. The maximum absolute atomic E-state index is 12.2. The molecule has 0 spiro atoms. The van der Waals surface area contributed by atoms with Crippen LogP contribution in [0.3, 0.4) is 0 Å². The van der Waals surface area contributed by atoms with Gasteiger partial charge in [0.15, 0.2) is 0 Å². The number of para-hydroxylation sites is 2. The van der Waals surface area contributed by atoms with Gasteiger partial charge in [-0.25, -0.2) is 4.79 Å². The smallest absolute Gasteiger partial charge is 0.345 e. The second-order valence-corrected chi connectivity index (χ2v) is 4.55. The zero-order valence-electron chi connectivity index (χ0n) is 11.1. The lowest BCUT2D eigenvalue weighted by molar-refractivity contribution is 0.0736. The lowest BCUT2D eigenvalue weighted by atomic mass is 10.1. The molecule has 0 fully saturated rings. The minimum Gasteiger partial charge on any atom is -0.423 e. The van der Waals surface area contributed by atoms with Crippen LogP contribution in [0.25, 0.3) is 0 Å². The van der Waals surface area contributed by atoms with Gasteiger partial charge < -0.3 is 10.1 Å². The van der Waals surface area contributed by atoms with Crippen molar-refractivity contribution >= 4 is 11.7 Å². The highest BCUT2D eigenvalue weighted by molar-refractivity contribution is 5.96. The van der Waals surface area contributed by atoms with Gasteiger partial charge in [-0.2, -0.15) is 0 Å². The van der Waals surface area contributed by atoms with E-state index in [9.17, 15) is 4.79 Å². The molecular formula is C16H17NO2. The molecule has 1 N–H and O–H groups in total. The quantitative estimate of drug-likeness (QED) is 0.668. The predicted octanol–water partition coefficient (Wildman–Crippen LogP) is 3.73. The first-order chi connectivity index (χ1) is 9.16. The Hall–Kier alpha value is -2.29. The summed E-state index contributed by atoms with van der Waals surface area (Å²) in [4.78, 5) is 12.2. The van der Waals surface area contributed by atoms with Crippen molar-refractivity contribution in [3.63, 3.8) is 0 Å². The zero-order chi connectivity index (χ0) is 13.7. The maximum atomic E-state index is 12.2. The Balaban J connectivity index is 2.19. The van der Waals surface area contributed by atoms with Crippen LogP contribution in [0.4, 0.5) is 5.69 Å². The minimum absolute atomic E-state index is 0.255. The van der Waals surface area contributed by atoms with E-state index in [2.05, 4.69) is 5.32 Å². The zero-order valence-corrected chi connectivity index (χ0v) is 11.1. The maximum Gasteiger partial charge on any atom is 0.345 e. The number of benzene rings is 2. The Morgan fingerprint density at radius 1 is 1.00 bits per heavy atom. The molecule has 3 heteroatoms. The second kappa shape index (κ2) is 6.05. The van der Waals surface area contributed by atoms with E-state index in [-0.39, 0.29) is 12.0 Å². The molecule has 98 valence electrons. The summed E-state index contributed by atoms with van der Waals surface area (Å²) in [5.41, 5.74) is 1.33. The molecule has 0 bridgehead atoms. The van der Waals surface area contributed by atoms with E-state index in [1.165, 1.54) is 0 Å². The molecule has 0 amide bonds. The van der Waals surface area contributed by atoms with Gasteiger partial charge in [0.25, 0.3) is 0 Å². The van der Waals surface area contributed by atoms with Crippen LogP contribution in [0.2, 0.25) is 0 Å². The highest BCUT2D eigenvalue weighted by atomic mass is 16.5. The number of esters is 1. The Kier molecular flexibility index (Phi) is 4.18.